The summed E-state index contributed by atoms with van der Waals surface area (Å²) in [4.78, 5) is 25.1. The summed E-state index contributed by atoms with van der Waals surface area (Å²) < 4.78 is 5.22. The van der Waals surface area contributed by atoms with Crippen molar-refractivity contribution in [3.63, 3.8) is 0 Å². The maximum absolute atomic E-state index is 12.8. The average molecular weight is 296 g/mol. The summed E-state index contributed by atoms with van der Waals surface area (Å²) in [6.45, 7) is 5.99. The molecule has 0 N–H and O–H groups in total. The Morgan fingerprint density at radius 2 is 1.55 bits per heavy atom. The van der Waals surface area contributed by atoms with Crippen LogP contribution >= 0.6 is 0 Å². The molecule has 0 atom stereocenters. The number of esters is 1. The molecule has 0 aliphatic rings. The molecule has 0 aromatic heterocycles. The van der Waals surface area contributed by atoms with Crippen LogP contribution in [0.2, 0.25) is 0 Å². The van der Waals surface area contributed by atoms with Gasteiger partial charge in [-0.15, -0.1) is 0 Å². The van der Waals surface area contributed by atoms with Crippen LogP contribution in [0.4, 0.5) is 0 Å². The van der Waals surface area contributed by atoms with Gasteiger partial charge in [0.15, 0.2) is 5.78 Å². The molecule has 0 fully saturated rings. The van der Waals surface area contributed by atoms with Crippen molar-refractivity contribution in [2.75, 3.05) is 6.61 Å². The highest BCUT2D eigenvalue weighted by atomic mass is 16.5. The minimum absolute atomic E-state index is 0.148. The van der Waals surface area contributed by atoms with Crippen molar-refractivity contribution in [1.29, 1.82) is 0 Å². The van der Waals surface area contributed by atoms with E-state index in [1.807, 2.05) is 45.0 Å². The lowest BCUT2D eigenvalue weighted by atomic mass is 9.93. The number of hydrogen-bond acceptors (Lipinski definition) is 3. The first-order valence-corrected chi connectivity index (χ1v) is 7.43. The Labute approximate surface area is 130 Å². The Hall–Kier alpha value is -2.42. The summed E-state index contributed by atoms with van der Waals surface area (Å²) in [6, 6.07) is 12.7. The number of carbonyl (C=O) groups is 2. The topological polar surface area (TPSA) is 43.4 Å². The van der Waals surface area contributed by atoms with Gasteiger partial charge in [-0.2, -0.15) is 0 Å². The molecule has 0 saturated heterocycles. The Morgan fingerprint density at radius 1 is 0.909 bits per heavy atom. The van der Waals surface area contributed by atoms with E-state index in [0.29, 0.717) is 23.3 Å². The molecular weight excluding hydrogens is 276 g/mol. The molecule has 2 rings (SSSR count). The highest BCUT2D eigenvalue weighted by molar-refractivity contribution is 6.15. The number of aryl methyl sites for hydroxylation is 2. The summed E-state index contributed by atoms with van der Waals surface area (Å²) in [7, 11) is 0. The first kappa shape index (κ1) is 16.0. The molecule has 2 aromatic carbocycles. The van der Waals surface area contributed by atoms with Crippen molar-refractivity contribution in [3.05, 3.63) is 70.3 Å². The van der Waals surface area contributed by atoms with Gasteiger partial charge in [0.2, 0.25) is 0 Å². The molecule has 114 valence electrons. The highest BCUT2D eigenvalue weighted by Crippen LogP contribution is 2.21. The third kappa shape index (κ3) is 3.25. The molecule has 2 aromatic rings. The Morgan fingerprint density at radius 3 is 2.23 bits per heavy atom. The number of ether oxygens (including phenoxy) is 1. The second-order valence-corrected chi connectivity index (χ2v) is 5.28. The van der Waals surface area contributed by atoms with Gasteiger partial charge in [-0.1, -0.05) is 49.4 Å². The first-order chi connectivity index (χ1) is 10.6. The Kier molecular flexibility index (Phi) is 5.10. The van der Waals surface area contributed by atoms with Crippen molar-refractivity contribution in [2.24, 2.45) is 0 Å². The normalized spacial score (nSPS) is 10.3. The summed E-state index contributed by atoms with van der Waals surface area (Å²) in [6.07, 6.45) is 0.749. The van der Waals surface area contributed by atoms with Gasteiger partial charge >= 0.3 is 5.97 Å². The zero-order chi connectivity index (χ0) is 16.1. The Bertz CT molecular complexity index is 702. The Balaban J connectivity index is 2.47. The van der Waals surface area contributed by atoms with Gasteiger partial charge in [-0.3, -0.25) is 4.79 Å². The zero-order valence-electron chi connectivity index (χ0n) is 13.2. The van der Waals surface area contributed by atoms with Crippen LogP contribution in [0.5, 0.6) is 0 Å². The second-order valence-electron chi connectivity index (χ2n) is 5.28. The van der Waals surface area contributed by atoms with Gasteiger partial charge < -0.3 is 4.74 Å². The molecule has 22 heavy (non-hydrogen) atoms. The fraction of sp³-hybridized carbons (Fsp3) is 0.263. The fourth-order valence-corrected chi connectivity index (χ4v) is 2.37. The van der Waals surface area contributed by atoms with Crippen LogP contribution < -0.4 is 0 Å². The number of rotatable bonds is 5. The maximum atomic E-state index is 12.8. The number of carbonyl (C=O) groups excluding carboxylic acids is 2. The summed E-state index contributed by atoms with van der Waals surface area (Å²) in [5.41, 5.74) is 3.01. The molecule has 0 radical (unpaired) electrons. The third-order valence-electron chi connectivity index (χ3n) is 3.55. The molecule has 0 bridgehead atoms. The molecule has 0 spiro atoms. The largest absolute Gasteiger partial charge is 0.462 e. The van der Waals surface area contributed by atoms with E-state index in [9.17, 15) is 9.59 Å². The smallest absolute Gasteiger partial charge is 0.339 e. The standard InChI is InChI=1S/C19H20O3/c1-4-12-22-19(21)17-14(3)9-7-11-16(17)18(20)15-10-6-5-8-13(15)2/h5-11H,4,12H2,1-3H3. The van der Waals surface area contributed by atoms with Crippen LogP contribution in [0.15, 0.2) is 42.5 Å². The molecule has 0 heterocycles. The predicted molar refractivity (Wildman–Crippen MR) is 86.4 cm³/mol. The molecule has 0 aliphatic heterocycles. The number of ketones is 1. The summed E-state index contributed by atoms with van der Waals surface area (Å²) >= 11 is 0. The molecule has 0 amide bonds. The molecule has 3 nitrogen and oxygen atoms in total. The van der Waals surface area contributed by atoms with Crippen LogP contribution in [-0.2, 0) is 4.74 Å². The van der Waals surface area contributed by atoms with Gasteiger partial charge in [-0.05, 0) is 31.4 Å². The molecule has 3 heteroatoms. The molecule has 0 unspecified atom stereocenters. The quantitative estimate of drug-likeness (QED) is 0.616. The van der Waals surface area contributed by atoms with Gasteiger partial charge in [0.05, 0.1) is 12.2 Å². The van der Waals surface area contributed by atoms with E-state index < -0.39 is 5.97 Å². The lowest BCUT2D eigenvalue weighted by molar-refractivity contribution is 0.0501. The van der Waals surface area contributed by atoms with Gasteiger partial charge in [-0.25, -0.2) is 4.79 Å². The van der Waals surface area contributed by atoms with E-state index in [0.717, 1.165) is 17.5 Å². The minimum atomic E-state index is -0.433. The van der Waals surface area contributed by atoms with Crippen LogP contribution in [0.3, 0.4) is 0 Å². The summed E-state index contributed by atoms with van der Waals surface area (Å²) in [5, 5.41) is 0. The predicted octanol–water partition coefficient (Wildman–Crippen LogP) is 4.10. The minimum Gasteiger partial charge on any atom is -0.462 e. The van der Waals surface area contributed by atoms with Gasteiger partial charge in [0, 0.05) is 11.1 Å². The van der Waals surface area contributed by atoms with Gasteiger partial charge in [0.1, 0.15) is 0 Å². The van der Waals surface area contributed by atoms with Crippen LogP contribution in [0, 0.1) is 13.8 Å². The maximum Gasteiger partial charge on any atom is 0.339 e. The van der Waals surface area contributed by atoms with Crippen LogP contribution in [-0.4, -0.2) is 18.4 Å². The van der Waals surface area contributed by atoms with Crippen molar-refractivity contribution in [3.8, 4) is 0 Å². The van der Waals surface area contributed by atoms with Crippen LogP contribution in [0.1, 0.15) is 50.8 Å². The second kappa shape index (κ2) is 7.03. The number of hydrogen-bond donors (Lipinski definition) is 0. The number of benzene rings is 2. The molecule has 0 aliphatic carbocycles. The highest BCUT2D eigenvalue weighted by Gasteiger charge is 2.22. The van der Waals surface area contributed by atoms with E-state index in [2.05, 4.69) is 0 Å². The zero-order valence-corrected chi connectivity index (χ0v) is 13.2. The molecular formula is C19H20O3. The van der Waals surface area contributed by atoms with Gasteiger partial charge in [0.25, 0.3) is 0 Å². The SMILES string of the molecule is CCCOC(=O)c1c(C)cccc1C(=O)c1ccccc1C. The first-order valence-electron chi connectivity index (χ1n) is 7.43. The summed E-state index contributed by atoms with van der Waals surface area (Å²) in [5.74, 6) is -0.581. The lowest BCUT2D eigenvalue weighted by Crippen LogP contribution is -2.15. The van der Waals surface area contributed by atoms with Crippen LogP contribution in [0.25, 0.3) is 0 Å². The van der Waals surface area contributed by atoms with Crippen molar-refractivity contribution in [1.82, 2.24) is 0 Å². The van der Waals surface area contributed by atoms with E-state index >= 15 is 0 Å². The lowest BCUT2D eigenvalue weighted by Gasteiger charge is -2.12. The fourth-order valence-electron chi connectivity index (χ4n) is 2.37. The van der Waals surface area contributed by atoms with Crippen molar-refractivity contribution >= 4 is 11.8 Å². The van der Waals surface area contributed by atoms with E-state index in [1.165, 1.54) is 0 Å². The monoisotopic (exact) mass is 296 g/mol. The average Bonchev–Trinajstić information content (AvgIpc) is 2.52. The van der Waals surface area contributed by atoms with E-state index in [1.54, 1.807) is 18.2 Å². The van der Waals surface area contributed by atoms with E-state index in [4.69, 9.17) is 4.74 Å². The third-order valence-corrected chi connectivity index (χ3v) is 3.55. The van der Waals surface area contributed by atoms with Crippen molar-refractivity contribution < 1.29 is 14.3 Å². The molecule has 0 saturated carbocycles. The van der Waals surface area contributed by atoms with Crippen molar-refractivity contribution in [2.45, 2.75) is 27.2 Å². The van der Waals surface area contributed by atoms with E-state index in [-0.39, 0.29) is 5.78 Å².